The molecule has 27 heavy (non-hydrogen) atoms. The number of nitrogens with one attached hydrogen (secondary N) is 1. The molecule has 1 aromatic rings. The highest BCUT2D eigenvalue weighted by molar-refractivity contribution is 5.94. The number of ether oxygens (including phenoxy) is 2. The van der Waals surface area contributed by atoms with E-state index in [1.165, 1.54) is 13.2 Å². The van der Waals surface area contributed by atoms with Crippen molar-refractivity contribution >= 4 is 17.3 Å². The van der Waals surface area contributed by atoms with Gasteiger partial charge in [0.05, 0.1) is 18.1 Å². The van der Waals surface area contributed by atoms with Crippen molar-refractivity contribution in [1.82, 2.24) is 0 Å². The Hall–Kier alpha value is -2.31. The minimum Gasteiger partial charge on any atom is -0.490 e. The molecular formula is C20H30N2O5. The number of hydrogen-bond donors (Lipinski definition) is 1. The number of nitro groups is 1. The number of hydrogen-bond acceptors (Lipinski definition) is 6. The molecule has 1 N–H and O–H groups in total. The summed E-state index contributed by atoms with van der Waals surface area (Å²) in [6, 6.07) is 2.92. The van der Waals surface area contributed by atoms with E-state index in [-0.39, 0.29) is 34.6 Å². The Morgan fingerprint density at radius 3 is 2.52 bits per heavy atom. The van der Waals surface area contributed by atoms with Crippen molar-refractivity contribution in [3.8, 4) is 5.75 Å². The first kappa shape index (κ1) is 21.0. The van der Waals surface area contributed by atoms with Crippen LogP contribution in [0, 0.1) is 21.4 Å². The van der Waals surface area contributed by atoms with E-state index >= 15 is 0 Å². The van der Waals surface area contributed by atoms with Crippen LogP contribution in [-0.2, 0) is 4.74 Å². The molecule has 2 rings (SSSR count). The standard InChI is InChI=1S/C20H30N2O5/c1-12(2)27-18-9-16(17(22(24)25)8-15(18)19(23)26-6)21-14-7-13(3)10-20(4,5)11-14/h8-9,12-14,21H,7,10-11H2,1-6H3/t13-,14-/m0/s1. The second kappa shape index (κ2) is 8.15. The molecule has 1 fully saturated rings. The van der Waals surface area contributed by atoms with Gasteiger partial charge in [0, 0.05) is 18.2 Å². The summed E-state index contributed by atoms with van der Waals surface area (Å²) in [4.78, 5) is 23.2. The fourth-order valence-electron chi connectivity index (χ4n) is 4.13. The molecule has 150 valence electrons. The topological polar surface area (TPSA) is 90.7 Å². The number of rotatable bonds is 6. The number of carbonyl (C=O) groups is 1. The lowest BCUT2D eigenvalue weighted by molar-refractivity contribution is -0.384. The van der Waals surface area contributed by atoms with Gasteiger partial charge in [-0.3, -0.25) is 10.1 Å². The van der Waals surface area contributed by atoms with Crippen LogP contribution >= 0.6 is 0 Å². The van der Waals surface area contributed by atoms with Gasteiger partial charge in [0.15, 0.2) is 0 Å². The number of carbonyl (C=O) groups excluding carboxylic acids is 1. The number of benzene rings is 1. The first-order valence-electron chi connectivity index (χ1n) is 9.36. The van der Waals surface area contributed by atoms with Crippen molar-refractivity contribution in [3.63, 3.8) is 0 Å². The lowest BCUT2D eigenvalue weighted by Crippen LogP contribution is -2.35. The fraction of sp³-hybridized carbons (Fsp3) is 0.650. The van der Waals surface area contributed by atoms with Gasteiger partial charge in [0.25, 0.3) is 5.69 Å². The van der Waals surface area contributed by atoms with Gasteiger partial charge in [0.2, 0.25) is 0 Å². The molecule has 1 saturated carbocycles. The van der Waals surface area contributed by atoms with Crippen LogP contribution in [0.4, 0.5) is 11.4 Å². The monoisotopic (exact) mass is 378 g/mol. The average Bonchev–Trinajstić information content (AvgIpc) is 2.51. The Balaban J connectivity index is 2.44. The van der Waals surface area contributed by atoms with Crippen molar-refractivity contribution in [2.45, 2.75) is 66.0 Å². The highest BCUT2D eigenvalue weighted by Gasteiger charge is 2.33. The van der Waals surface area contributed by atoms with Crippen LogP contribution < -0.4 is 10.1 Å². The Kier molecular flexibility index (Phi) is 6.34. The number of methoxy groups -OCH3 is 1. The summed E-state index contributed by atoms with van der Waals surface area (Å²) in [5, 5.41) is 15.0. The van der Waals surface area contributed by atoms with Gasteiger partial charge in [-0.15, -0.1) is 0 Å². The van der Waals surface area contributed by atoms with Gasteiger partial charge in [-0.2, -0.15) is 0 Å². The van der Waals surface area contributed by atoms with E-state index in [1.807, 2.05) is 13.8 Å². The smallest absolute Gasteiger partial charge is 0.341 e. The maximum Gasteiger partial charge on any atom is 0.341 e. The van der Waals surface area contributed by atoms with Gasteiger partial charge >= 0.3 is 5.97 Å². The summed E-state index contributed by atoms with van der Waals surface area (Å²) < 4.78 is 10.5. The maximum atomic E-state index is 12.1. The molecule has 1 aliphatic rings. The second-order valence-corrected chi connectivity index (χ2v) is 8.54. The van der Waals surface area contributed by atoms with E-state index in [9.17, 15) is 14.9 Å². The third-order valence-corrected chi connectivity index (χ3v) is 4.81. The van der Waals surface area contributed by atoms with Crippen LogP contribution in [0.2, 0.25) is 0 Å². The first-order valence-corrected chi connectivity index (χ1v) is 9.36. The van der Waals surface area contributed by atoms with Crippen LogP contribution in [0.25, 0.3) is 0 Å². The Morgan fingerprint density at radius 1 is 1.33 bits per heavy atom. The third-order valence-electron chi connectivity index (χ3n) is 4.81. The van der Waals surface area contributed by atoms with Crippen LogP contribution in [-0.4, -0.2) is 30.1 Å². The number of anilines is 1. The molecule has 7 nitrogen and oxygen atoms in total. The van der Waals surface area contributed by atoms with Gasteiger partial charge < -0.3 is 14.8 Å². The minimum absolute atomic E-state index is 0.0563. The van der Waals surface area contributed by atoms with Crippen LogP contribution in [0.5, 0.6) is 5.75 Å². The zero-order chi connectivity index (χ0) is 20.4. The van der Waals surface area contributed by atoms with E-state index in [2.05, 4.69) is 26.1 Å². The van der Waals surface area contributed by atoms with E-state index in [4.69, 9.17) is 9.47 Å². The van der Waals surface area contributed by atoms with E-state index in [0.29, 0.717) is 11.6 Å². The highest BCUT2D eigenvalue weighted by atomic mass is 16.6. The van der Waals surface area contributed by atoms with Crippen molar-refractivity contribution in [1.29, 1.82) is 0 Å². The van der Waals surface area contributed by atoms with E-state index in [0.717, 1.165) is 19.3 Å². The molecule has 0 spiro atoms. The number of esters is 1. The average molecular weight is 378 g/mol. The summed E-state index contributed by atoms with van der Waals surface area (Å²) in [6.45, 7) is 10.3. The van der Waals surface area contributed by atoms with E-state index in [1.54, 1.807) is 6.07 Å². The quantitative estimate of drug-likeness (QED) is 0.434. The van der Waals surface area contributed by atoms with Crippen molar-refractivity contribution < 1.29 is 19.2 Å². The molecule has 0 aliphatic heterocycles. The summed E-state index contributed by atoms with van der Waals surface area (Å²) in [7, 11) is 1.24. The zero-order valence-corrected chi connectivity index (χ0v) is 17.0. The molecular weight excluding hydrogens is 348 g/mol. The third kappa shape index (κ3) is 5.34. The van der Waals surface area contributed by atoms with Gasteiger partial charge in [-0.25, -0.2) is 4.79 Å². The van der Waals surface area contributed by atoms with Gasteiger partial charge in [-0.05, 0) is 44.4 Å². The lowest BCUT2D eigenvalue weighted by atomic mass is 9.70. The van der Waals surface area contributed by atoms with E-state index < -0.39 is 10.9 Å². The molecule has 2 atom stereocenters. The van der Waals surface area contributed by atoms with Crippen LogP contribution in [0.3, 0.4) is 0 Å². The van der Waals surface area contributed by atoms with Crippen LogP contribution in [0.15, 0.2) is 12.1 Å². The first-order chi connectivity index (χ1) is 12.5. The maximum absolute atomic E-state index is 12.1. The fourth-order valence-corrected chi connectivity index (χ4v) is 4.13. The molecule has 1 aliphatic carbocycles. The lowest BCUT2D eigenvalue weighted by Gasteiger charge is -2.39. The predicted octanol–water partition coefficient (Wildman–Crippen LogP) is 4.80. The normalized spacial score (nSPS) is 21.6. The van der Waals surface area contributed by atoms with Crippen molar-refractivity contribution in [3.05, 3.63) is 27.8 Å². The molecule has 0 bridgehead atoms. The summed E-state index contributed by atoms with van der Waals surface area (Å²) in [5.74, 6) is 0.159. The number of nitro benzene ring substituents is 1. The molecule has 0 heterocycles. The van der Waals surface area contributed by atoms with Crippen molar-refractivity contribution in [2.75, 3.05) is 12.4 Å². The highest BCUT2D eigenvalue weighted by Crippen LogP contribution is 2.41. The molecule has 0 saturated heterocycles. The van der Waals surface area contributed by atoms with Crippen molar-refractivity contribution in [2.24, 2.45) is 11.3 Å². The largest absolute Gasteiger partial charge is 0.490 e. The summed E-state index contributed by atoms with van der Waals surface area (Å²) >= 11 is 0. The minimum atomic E-state index is -0.660. The summed E-state index contributed by atoms with van der Waals surface area (Å²) in [6.07, 6.45) is 2.82. The van der Waals surface area contributed by atoms with Crippen LogP contribution in [0.1, 0.15) is 64.2 Å². The number of nitrogens with zero attached hydrogens (tertiary/aromatic N) is 1. The molecule has 0 aromatic heterocycles. The Bertz CT molecular complexity index is 715. The van der Waals surface area contributed by atoms with Gasteiger partial charge in [0.1, 0.15) is 17.0 Å². The second-order valence-electron chi connectivity index (χ2n) is 8.54. The molecule has 0 unspecified atom stereocenters. The van der Waals surface area contributed by atoms with Gasteiger partial charge in [-0.1, -0.05) is 20.8 Å². The molecule has 1 aromatic carbocycles. The SMILES string of the molecule is COC(=O)c1cc([N+](=O)[O-])c(N[C@H]2C[C@H](C)CC(C)(C)C2)cc1OC(C)C. The Morgan fingerprint density at radius 2 is 2.00 bits per heavy atom. The molecule has 0 radical (unpaired) electrons. The molecule has 0 amide bonds. The summed E-state index contributed by atoms with van der Waals surface area (Å²) in [5.41, 5.74) is 0.453. The molecule has 7 heteroatoms. The predicted molar refractivity (Wildman–Crippen MR) is 104 cm³/mol. The zero-order valence-electron chi connectivity index (χ0n) is 17.0. The Labute approximate surface area is 160 Å².